The van der Waals surface area contributed by atoms with Crippen molar-refractivity contribution in [3.63, 3.8) is 0 Å². The first kappa shape index (κ1) is 19.5. The Bertz CT molecular complexity index is 941. The van der Waals surface area contributed by atoms with Gasteiger partial charge in [0.2, 0.25) is 5.91 Å². The highest BCUT2D eigenvalue weighted by Crippen LogP contribution is 2.49. The number of hydrogen-bond donors (Lipinski definition) is 1. The normalized spacial score (nSPS) is 25.8. The van der Waals surface area contributed by atoms with Gasteiger partial charge in [-0.1, -0.05) is 30.3 Å². The van der Waals surface area contributed by atoms with Crippen molar-refractivity contribution in [2.45, 2.75) is 69.4 Å². The molecule has 2 saturated carbocycles. The van der Waals surface area contributed by atoms with Gasteiger partial charge in [0.05, 0.1) is 16.2 Å². The van der Waals surface area contributed by atoms with E-state index in [-0.39, 0.29) is 22.8 Å². The summed E-state index contributed by atoms with van der Waals surface area (Å²) in [7, 11) is 0. The lowest BCUT2D eigenvalue weighted by Crippen LogP contribution is -2.43. The number of para-hydroxylation sites is 1. The van der Waals surface area contributed by atoms with Gasteiger partial charge >= 0.3 is 0 Å². The fraction of sp³-hybridized carbons (Fsp3) is 0.591. The first-order valence-corrected chi connectivity index (χ1v) is 11.3. The van der Waals surface area contributed by atoms with E-state index in [1.807, 2.05) is 32.0 Å². The summed E-state index contributed by atoms with van der Waals surface area (Å²) in [6.07, 6.45) is 5.30. The summed E-state index contributed by atoms with van der Waals surface area (Å²) < 4.78 is 1.66. The molecule has 2 aliphatic carbocycles. The van der Waals surface area contributed by atoms with E-state index >= 15 is 0 Å². The Morgan fingerprint density at radius 2 is 2.07 bits per heavy atom. The molecule has 1 N–H and O–H groups in total. The highest BCUT2D eigenvalue weighted by atomic mass is 32.2. The van der Waals surface area contributed by atoms with Gasteiger partial charge in [0.1, 0.15) is 0 Å². The number of nitrogens with zero attached hydrogens (tertiary/aromatic N) is 2. The van der Waals surface area contributed by atoms with Gasteiger partial charge in [-0.05, 0) is 69.9 Å². The lowest BCUT2D eigenvalue weighted by Gasteiger charge is -2.29. The van der Waals surface area contributed by atoms with E-state index in [9.17, 15) is 9.59 Å². The zero-order valence-electron chi connectivity index (χ0n) is 16.9. The molecule has 4 rings (SSSR count). The number of fused-ring (bicyclic) bond motifs is 3. The van der Waals surface area contributed by atoms with Crippen LogP contribution in [-0.4, -0.2) is 26.8 Å². The molecule has 1 aromatic heterocycles. The lowest BCUT2D eigenvalue weighted by molar-refractivity contribution is -0.121. The van der Waals surface area contributed by atoms with Crippen molar-refractivity contribution in [2.75, 3.05) is 0 Å². The second-order valence-corrected chi connectivity index (χ2v) is 9.66. The molecule has 0 saturated heterocycles. The predicted molar refractivity (Wildman–Crippen MR) is 114 cm³/mol. The van der Waals surface area contributed by atoms with E-state index in [1.165, 1.54) is 37.4 Å². The van der Waals surface area contributed by atoms with Gasteiger partial charge in [-0.15, -0.1) is 0 Å². The van der Waals surface area contributed by atoms with Crippen molar-refractivity contribution in [1.82, 2.24) is 14.9 Å². The van der Waals surface area contributed by atoms with Crippen molar-refractivity contribution in [2.24, 2.45) is 17.8 Å². The molecule has 1 aromatic carbocycles. The Kier molecular flexibility index (Phi) is 5.50. The molecule has 2 aromatic rings. The highest BCUT2D eigenvalue weighted by molar-refractivity contribution is 8.00. The SMILES string of the molecule is CCn1c(SC(C)C(=O)NC(C)C2CC3CCC2C3)nc2ccccc2c1=O. The first-order valence-electron chi connectivity index (χ1n) is 10.4. The second-order valence-electron chi connectivity index (χ2n) is 8.36. The Morgan fingerprint density at radius 3 is 2.75 bits per heavy atom. The summed E-state index contributed by atoms with van der Waals surface area (Å²) >= 11 is 1.37. The third-order valence-electron chi connectivity index (χ3n) is 6.60. The third-order valence-corrected chi connectivity index (χ3v) is 7.69. The van der Waals surface area contributed by atoms with Gasteiger partial charge in [0, 0.05) is 12.6 Å². The molecular weight excluding hydrogens is 370 g/mol. The minimum atomic E-state index is -0.299. The van der Waals surface area contributed by atoms with Crippen LogP contribution in [0.2, 0.25) is 0 Å². The molecule has 5 atom stereocenters. The molecule has 0 radical (unpaired) electrons. The number of amides is 1. The maximum atomic E-state index is 12.8. The second kappa shape index (κ2) is 7.90. The number of carbonyl (C=O) groups is 1. The van der Waals surface area contributed by atoms with Gasteiger partial charge in [0.15, 0.2) is 5.16 Å². The van der Waals surface area contributed by atoms with Crippen LogP contribution in [0.5, 0.6) is 0 Å². The van der Waals surface area contributed by atoms with Crippen LogP contribution < -0.4 is 10.9 Å². The number of benzene rings is 1. The maximum absolute atomic E-state index is 12.8. The summed E-state index contributed by atoms with van der Waals surface area (Å²) in [6.45, 7) is 6.52. The average molecular weight is 400 g/mol. The number of thioether (sulfide) groups is 1. The van der Waals surface area contributed by atoms with Crippen LogP contribution in [0.3, 0.4) is 0 Å². The summed E-state index contributed by atoms with van der Waals surface area (Å²) in [5.41, 5.74) is 0.640. The van der Waals surface area contributed by atoms with Crippen molar-refractivity contribution >= 4 is 28.6 Å². The van der Waals surface area contributed by atoms with E-state index in [4.69, 9.17) is 0 Å². The average Bonchev–Trinajstić information content (AvgIpc) is 3.32. The Hall–Kier alpha value is -1.82. The Balaban J connectivity index is 1.47. The number of hydrogen-bond acceptors (Lipinski definition) is 4. The van der Waals surface area contributed by atoms with Gasteiger partial charge in [-0.25, -0.2) is 4.98 Å². The molecule has 2 bridgehead atoms. The minimum absolute atomic E-state index is 0.0327. The van der Waals surface area contributed by atoms with Crippen LogP contribution in [-0.2, 0) is 11.3 Å². The fourth-order valence-corrected chi connectivity index (χ4v) is 6.06. The molecule has 2 fully saturated rings. The zero-order valence-corrected chi connectivity index (χ0v) is 17.7. The minimum Gasteiger partial charge on any atom is -0.352 e. The molecule has 5 unspecified atom stereocenters. The quantitative estimate of drug-likeness (QED) is 0.592. The summed E-state index contributed by atoms with van der Waals surface area (Å²) in [5, 5.41) is 4.18. The summed E-state index contributed by atoms with van der Waals surface area (Å²) in [5.74, 6) is 2.32. The number of aromatic nitrogens is 2. The van der Waals surface area contributed by atoms with E-state index in [0.29, 0.717) is 28.5 Å². The van der Waals surface area contributed by atoms with E-state index in [1.54, 1.807) is 10.6 Å². The summed E-state index contributed by atoms with van der Waals surface area (Å²) in [6, 6.07) is 7.60. The lowest BCUT2D eigenvalue weighted by atomic mass is 9.84. The van der Waals surface area contributed by atoms with Gasteiger partial charge in [-0.2, -0.15) is 0 Å². The molecule has 1 amide bonds. The maximum Gasteiger partial charge on any atom is 0.262 e. The zero-order chi connectivity index (χ0) is 19.8. The Labute approximate surface area is 170 Å². The van der Waals surface area contributed by atoms with Crippen molar-refractivity contribution < 1.29 is 4.79 Å². The smallest absolute Gasteiger partial charge is 0.262 e. The van der Waals surface area contributed by atoms with Gasteiger partial charge < -0.3 is 5.32 Å². The number of nitrogens with one attached hydrogen (secondary N) is 1. The van der Waals surface area contributed by atoms with Crippen molar-refractivity contribution in [3.05, 3.63) is 34.6 Å². The molecule has 28 heavy (non-hydrogen) atoms. The molecule has 0 aliphatic heterocycles. The largest absolute Gasteiger partial charge is 0.352 e. The van der Waals surface area contributed by atoms with Crippen LogP contribution in [0.15, 0.2) is 34.2 Å². The molecule has 1 heterocycles. The van der Waals surface area contributed by atoms with Gasteiger partial charge in [0.25, 0.3) is 5.56 Å². The molecular formula is C22H29N3O2S. The molecule has 6 heteroatoms. The van der Waals surface area contributed by atoms with E-state index in [2.05, 4.69) is 17.2 Å². The third kappa shape index (κ3) is 3.59. The van der Waals surface area contributed by atoms with E-state index < -0.39 is 0 Å². The van der Waals surface area contributed by atoms with Gasteiger partial charge in [-0.3, -0.25) is 14.2 Å². The standard InChI is InChI=1S/C22H29N3O2S/c1-4-25-21(27)17-7-5-6-8-19(17)24-22(25)28-14(3)20(26)23-13(2)18-12-15-9-10-16(18)11-15/h5-8,13-16,18H,4,9-12H2,1-3H3,(H,23,26). The predicted octanol–water partition coefficient (Wildman–Crippen LogP) is 3.84. The molecule has 0 spiro atoms. The monoisotopic (exact) mass is 399 g/mol. The number of carbonyl (C=O) groups excluding carboxylic acids is 1. The van der Waals surface area contributed by atoms with Crippen LogP contribution in [0.1, 0.15) is 46.5 Å². The molecule has 150 valence electrons. The fourth-order valence-electron chi connectivity index (χ4n) is 5.08. The summed E-state index contributed by atoms with van der Waals surface area (Å²) in [4.78, 5) is 30.3. The highest BCUT2D eigenvalue weighted by Gasteiger charge is 2.42. The van der Waals surface area contributed by atoms with Crippen LogP contribution in [0.25, 0.3) is 10.9 Å². The Morgan fingerprint density at radius 1 is 1.29 bits per heavy atom. The van der Waals surface area contributed by atoms with E-state index in [0.717, 1.165) is 11.8 Å². The molecule has 2 aliphatic rings. The van der Waals surface area contributed by atoms with Crippen LogP contribution in [0, 0.1) is 17.8 Å². The topological polar surface area (TPSA) is 64.0 Å². The van der Waals surface area contributed by atoms with Crippen molar-refractivity contribution in [3.8, 4) is 0 Å². The van der Waals surface area contributed by atoms with Crippen LogP contribution >= 0.6 is 11.8 Å². The van der Waals surface area contributed by atoms with Crippen molar-refractivity contribution in [1.29, 1.82) is 0 Å². The molecule has 5 nitrogen and oxygen atoms in total. The van der Waals surface area contributed by atoms with Crippen LogP contribution in [0.4, 0.5) is 0 Å². The number of rotatable bonds is 6. The first-order chi connectivity index (χ1) is 13.5.